The van der Waals surface area contributed by atoms with E-state index in [1.54, 1.807) is 0 Å². The summed E-state index contributed by atoms with van der Waals surface area (Å²) in [6, 6.07) is 0. The van der Waals surface area contributed by atoms with Crippen molar-refractivity contribution in [2.75, 3.05) is 13.1 Å². The van der Waals surface area contributed by atoms with E-state index in [9.17, 15) is 0 Å². The Hall–Kier alpha value is -0.830. The molecule has 1 aromatic heterocycles. The molecule has 0 amide bonds. The predicted octanol–water partition coefficient (Wildman–Crippen LogP) is 3.57. The Morgan fingerprint density at radius 2 is 2.37 bits per heavy atom. The topological polar surface area (TPSA) is 29.9 Å². The zero-order valence-corrected chi connectivity index (χ0v) is 12.6. The number of aromatic nitrogens is 2. The summed E-state index contributed by atoms with van der Waals surface area (Å²) in [5, 5.41) is 3.51. The number of hydrogen-bond acceptors (Lipinski definition) is 2. The summed E-state index contributed by atoms with van der Waals surface area (Å²) in [5.74, 6) is 1.48. The summed E-state index contributed by atoms with van der Waals surface area (Å²) in [5.41, 5.74) is 1.45. The number of piperidine rings is 1. The lowest BCUT2D eigenvalue weighted by Gasteiger charge is -2.25. The van der Waals surface area contributed by atoms with Crippen LogP contribution in [0.5, 0.6) is 0 Å². The van der Waals surface area contributed by atoms with Gasteiger partial charge in [-0.15, -0.1) is 0 Å². The van der Waals surface area contributed by atoms with Crippen LogP contribution in [0.4, 0.5) is 0 Å². The molecule has 1 saturated heterocycles. The van der Waals surface area contributed by atoms with Gasteiger partial charge in [0.1, 0.15) is 0 Å². The van der Waals surface area contributed by atoms with Gasteiger partial charge in [0.15, 0.2) is 0 Å². The van der Waals surface area contributed by atoms with Crippen molar-refractivity contribution in [1.82, 2.24) is 14.9 Å². The number of hydrogen-bond donors (Lipinski definition) is 1. The molecule has 0 bridgehead atoms. The van der Waals surface area contributed by atoms with Gasteiger partial charge in [-0.05, 0) is 31.7 Å². The third kappa shape index (κ3) is 4.07. The lowest BCUT2D eigenvalue weighted by molar-refractivity contribution is 0.370. The molecule has 0 aliphatic carbocycles. The van der Waals surface area contributed by atoms with Gasteiger partial charge in [0.2, 0.25) is 0 Å². The first-order chi connectivity index (χ1) is 9.35. The van der Waals surface area contributed by atoms with Crippen molar-refractivity contribution in [3.05, 3.63) is 18.2 Å². The Morgan fingerprint density at radius 1 is 1.47 bits per heavy atom. The minimum atomic E-state index is 0.667. The average Bonchev–Trinajstić information content (AvgIpc) is 2.92. The Kier molecular flexibility index (Phi) is 5.90. The minimum absolute atomic E-state index is 0.667. The third-order valence-corrected chi connectivity index (χ3v) is 4.46. The quantitative estimate of drug-likeness (QED) is 0.815. The fourth-order valence-corrected chi connectivity index (χ4v) is 3.12. The average molecular weight is 263 g/mol. The molecule has 2 rings (SSSR count). The second-order valence-electron chi connectivity index (χ2n) is 5.93. The molecular formula is C16H29N3. The van der Waals surface area contributed by atoms with Crippen LogP contribution >= 0.6 is 0 Å². The van der Waals surface area contributed by atoms with Gasteiger partial charge in [-0.2, -0.15) is 0 Å². The smallest absolute Gasteiger partial charge is 0.0948 e. The monoisotopic (exact) mass is 263 g/mol. The highest BCUT2D eigenvalue weighted by molar-refractivity contribution is 5.08. The van der Waals surface area contributed by atoms with Crippen molar-refractivity contribution >= 4 is 0 Å². The fourth-order valence-electron chi connectivity index (χ4n) is 3.12. The van der Waals surface area contributed by atoms with Crippen LogP contribution in [-0.2, 0) is 6.54 Å². The first kappa shape index (κ1) is 14.6. The normalized spacial score (nSPS) is 21.5. The standard InChI is InChI=1S/C16H29N3/c1-3-5-7-14(4-2)12-19-13-18-11-16(19)15-8-6-9-17-10-15/h11,13-15,17H,3-10,12H2,1-2H3. The Morgan fingerprint density at radius 3 is 3.05 bits per heavy atom. The Balaban J connectivity index is 1.97. The largest absolute Gasteiger partial charge is 0.334 e. The zero-order chi connectivity index (χ0) is 13.5. The lowest BCUT2D eigenvalue weighted by atomic mass is 9.95. The molecular weight excluding hydrogens is 234 g/mol. The second-order valence-corrected chi connectivity index (χ2v) is 5.93. The summed E-state index contributed by atoms with van der Waals surface area (Å²) < 4.78 is 2.42. The molecule has 0 aromatic carbocycles. The number of unbranched alkanes of at least 4 members (excludes halogenated alkanes) is 1. The molecule has 2 atom stereocenters. The van der Waals surface area contributed by atoms with Crippen LogP contribution in [0.1, 0.15) is 64.0 Å². The van der Waals surface area contributed by atoms with Crippen molar-refractivity contribution in [3.8, 4) is 0 Å². The molecule has 2 unspecified atom stereocenters. The maximum atomic E-state index is 4.40. The second kappa shape index (κ2) is 7.68. The maximum absolute atomic E-state index is 4.40. The van der Waals surface area contributed by atoms with Crippen LogP contribution in [-0.4, -0.2) is 22.6 Å². The molecule has 1 aromatic rings. The molecule has 0 radical (unpaired) electrons. The van der Waals surface area contributed by atoms with E-state index in [0.717, 1.165) is 19.0 Å². The summed E-state index contributed by atoms with van der Waals surface area (Å²) in [7, 11) is 0. The Bertz CT molecular complexity index is 353. The van der Waals surface area contributed by atoms with E-state index in [2.05, 4.69) is 34.9 Å². The Labute approximate surface area is 117 Å². The zero-order valence-electron chi connectivity index (χ0n) is 12.6. The molecule has 1 aliphatic heterocycles. The minimum Gasteiger partial charge on any atom is -0.334 e. The van der Waals surface area contributed by atoms with Crippen molar-refractivity contribution in [2.24, 2.45) is 5.92 Å². The van der Waals surface area contributed by atoms with E-state index in [4.69, 9.17) is 0 Å². The molecule has 3 heteroatoms. The fraction of sp³-hybridized carbons (Fsp3) is 0.812. The van der Waals surface area contributed by atoms with E-state index in [0.29, 0.717) is 5.92 Å². The van der Waals surface area contributed by atoms with Crippen molar-refractivity contribution in [2.45, 2.75) is 64.8 Å². The van der Waals surface area contributed by atoms with E-state index in [1.165, 1.54) is 50.8 Å². The van der Waals surface area contributed by atoms with Gasteiger partial charge in [0.25, 0.3) is 0 Å². The highest BCUT2D eigenvalue weighted by atomic mass is 15.1. The van der Waals surface area contributed by atoms with Gasteiger partial charge >= 0.3 is 0 Å². The molecule has 1 fully saturated rings. The van der Waals surface area contributed by atoms with E-state index in [-0.39, 0.29) is 0 Å². The predicted molar refractivity (Wildman–Crippen MR) is 80.4 cm³/mol. The van der Waals surface area contributed by atoms with Crippen LogP contribution in [0.25, 0.3) is 0 Å². The van der Waals surface area contributed by atoms with Crippen molar-refractivity contribution in [3.63, 3.8) is 0 Å². The summed E-state index contributed by atoms with van der Waals surface area (Å²) in [6.07, 6.45) is 12.0. The van der Waals surface area contributed by atoms with E-state index < -0.39 is 0 Å². The van der Waals surface area contributed by atoms with Gasteiger partial charge in [-0.1, -0.05) is 33.1 Å². The molecule has 108 valence electrons. The first-order valence-electron chi connectivity index (χ1n) is 8.05. The van der Waals surface area contributed by atoms with Crippen LogP contribution < -0.4 is 5.32 Å². The van der Waals surface area contributed by atoms with Crippen LogP contribution in [0.3, 0.4) is 0 Å². The molecule has 1 N–H and O–H groups in total. The summed E-state index contributed by atoms with van der Waals surface area (Å²) >= 11 is 0. The third-order valence-electron chi connectivity index (χ3n) is 4.46. The van der Waals surface area contributed by atoms with E-state index in [1.807, 2.05) is 6.33 Å². The first-order valence-corrected chi connectivity index (χ1v) is 8.05. The number of rotatable bonds is 7. The molecule has 1 aliphatic rings. The van der Waals surface area contributed by atoms with Gasteiger partial charge in [-0.3, -0.25) is 0 Å². The highest BCUT2D eigenvalue weighted by Gasteiger charge is 2.19. The van der Waals surface area contributed by atoms with Gasteiger partial charge in [0, 0.05) is 30.9 Å². The van der Waals surface area contributed by atoms with Gasteiger partial charge in [-0.25, -0.2) is 4.98 Å². The lowest BCUT2D eigenvalue weighted by Crippen LogP contribution is -2.29. The van der Waals surface area contributed by atoms with Crippen molar-refractivity contribution in [1.29, 1.82) is 0 Å². The molecule has 0 saturated carbocycles. The van der Waals surface area contributed by atoms with Crippen molar-refractivity contribution < 1.29 is 0 Å². The van der Waals surface area contributed by atoms with Crippen LogP contribution in [0, 0.1) is 5.92 Å². The number of imidazole rings is 1. The molecule has 0 spiro atoms. The highest BCUT2D eigenvalue weighted by Crippen LogP contribution is 2.24. The summed E-state index contributed by atoms with van der Waals surface area (Å²) in [4.78, 5) is 4.40. The van der Waals surface area contributed by atoms with Crippen LogP contribution in [0.15, 0.2) is 12.5 Å². The SMILES string of the molecule is CCCCC(CC)Cn1cncc1C1CCCNC1. The van der Waals surface area contributed by atoms with E-state index >= 15 is 0 Å². The number of nitrogens with one attached hydrogen (secondary N) is 1. The maximum Gasteiger partial charge on any atom is 0.0948 e. The molecule has 19 heavy (non-hydrogen) atoms. The summed E-state index contributed by atoms with van der Waals surface area (Å²) in [6.45, 7) is 8.06. The van der Waals surface area contributed by atoms with Crippen LogP contribution in [0.2, 0.25) is 0 Å². The van der Waals surface area contributed by atoms with Gasteiger partial charge in [0.05, 0.1) is 6.33 Å². The number of nitrogens with zero attached hydrogens (tertiary/aromatic N) is 2. The van der Waals surface area contributed by atoms with Gasteiger partial charge < -0.3 is 9.88 Å². The molecule has 2 heterocycles. The molecule has 3 nitrogen and oxygen atoms in total.